The van der Waals surface area contributed by atoms with Crippen LogP contribution in [0.25, 0.3) is 0 Å². The Hall–Kier alpha value is -0.630. The maximum atomic E-state index is 12.6. The third-order valence-corrected chi connectivity index (χ3v) is 7.48. The van der Waals surface area contributed by atoms with Gasteiger partial charge in [0.05, 0.1) is 17.3 Å². The van der Waals surface area contributed by atoms with E-state index >= 15 is 0 Å². The van der Waals surface area contributed by atoms with Gasteiger partial charge in [0.1, 0.15) is 0 Å². The van der Waals surface area contributed by atoms with E-state index in [9.17, 15) is 4.79 Å². The van der Waals surface area contributed by atoms with Crippen LogP contribution < -0.4 is 10.6 Å². The third kappa shape index (κ3) is 5.44. The van der Waals surface area contributed by atoms with E-state index < -0.39 is 0 Å². The van der Waals surface area contributed by atoms with E-state index in [1.54, 1.807) is 0 Å². The average Bonchev–Trinajstić information content (AvgIpc) is 2.63. The Morgan fingerprint density at radius 2 is 2.12 bits per heavy atom. The van der Waals surface area contributed by atoms with E-state index in [2.05, 4.69) is 57.7 Å². The van der Waals surface area contributed by atoms with E-state index in [1.165, 1.54) is 5.57 Å². The van der Waals surface area contributed by atoms with Gasteiger partial charge >= 0.3 is 0 Å². The fourth-order valence-corrected chi connectivity index (χ4v) is 5.70. The molecule has 0 bridgehead atoms. The van der Waals surface area contributed by atoms with Crippen LogP contribution >= 0.6 is 45.5 Å². The Kier molecular flexibility index (Phi) is 10.1. The lowest BCUT2D eigenvalue weighted by Gasteiger charge is -2.33. The highest BCUT2D eigenvalue weighted by molar-refractivity contribution is 14.2. The highest BCUT2D eigenvalue weighted by atomic mass is 127. The highest BCUT2D eigenvalue weighted by Crippen LogP contribution is 2.33. The van der Waals surface area contributed by atoms with Crippen LogP contribution in [-0.4, -0.2) is 51.0 Å². The molecule has 0 spiro atoms. The van der Waals surface area contributed by atoms with Crippen LogP contribution in [0.3, 0.4) is 0 Å². The minimum Gasteiger partial charge on any atom is -0.377 e. The molecule has 2 aliphatic heterocycles. The van der Waals surface area contributed by atoms with Gasteiger partial charge in [-0.15, -0.1) is 45.5 Å². The summed E-state index contributed by atoms with van der Waals surface area (Å²) in [5.41, 5.74) is 3.11. The molecule has 0 fully saturated rings. The minimum atomic E-state index is 0. The molecule has 0 aromatic heterocycles. The molecule has 146 valence electrons. The first-order valence-corrected chi connectivity index (χ1v) is 11.2. The van der Waals surface area contributed by atoms with E-state index in [1.807, 2.05) is 6.08 Å². The van der Waals surface area contributed by atoms with Crippen molar-refractivity contribution in [1.29, 1.82) is 0 Å². The van der Waals surface area contributed by atoms with Gasteiger partial charge in [-0.25, -0.2) is 0 Å². The van der Waals surface area contributed by atoms with Crippen LogP contribution in [0.4, 0.5) is 0 Å². The molecule has 3 rings (SSSR count). The SMILES string of the molecule is CCN(CC)CCNC(=O)C1=C2NC3C=CC=IC3C=C2CC=C1.Cl.Cl. The molecule has 0 saturated heterocycles. The number of nitrogens with one attached hydrogen (secondary N) is 2. The second-order valence-corrected chi connectivity index (χ2v) is 9.00. The predicted octanol–water partition coefficient (Wildman–Crippen LogP) is 3.11. The Morgan fingerprint density at radius 1 is 1.35 bits per heavy atom. The summed E-state index contributed by atoms with van der Waals surface area (Å²) in [7, 11) is 0. The number of amides is 1. The monoisotopic (exact) mass is 511 g/mol. The molecule has 2 atom stereocenters. The Labute approximate surface area is 178 Å². The number of fused-ring (bicyclic) bond motifs is 2. The maximum Gasteiger partial charge on any atom is 0.253 e. The summed E-state index contributed by atoms with van der Waals surface area (Å²) in [6, 6.07) is 0.353. The Bertz CT molecular complexity index is 651. The van der Waals surface area contributed by atoms with Crippen LogP contribution in [0.5, 0.6) is 0 Å². The first-order valence-electron chi connectivity index (χ1n) is 8.73. The molecule has 0 aromatic rings. The van der Waals surface area contributed by atoms with Gasteiger partial charge in [-0.05, 0) is 29.1 Å². The highest BCUT2D eigenvalue weighted by Gasteiger charge is 2.29. The molecule has 26 heavy (non-hydrogen) atoms. The average molecular weight is 512 g/mol. The first-order chi connectivity index (χ1) is 11.7. The fraction of sp³-hybridized carbons (Fsp3) is 0.474. The zero-order valence-electron chi connectivity index (χ0n) is 15.2. The number of carbonyl (C=O) groups excluding carboxylic acids is 1. The molecule has 0 saturated carbocycles. The Balaban J connectivity index is 0.00000169. The van der Waals surface area contributed by atoms with E-state index in [0.717, 1.165) is 37.3 Å². The molecule has 2 N–H and O–H groups in total. The van der Waals surface area contributed by atoms with Gasteiger partial charge in [-0.1, -0.05) is 44.2 Å². The van der Waals surface area contributed by atoms with Gasteiger partial charge in [-0.2, -0.15) is 0 Å². The van der Waals surface area contributed by atoms with Crippen molar-refractivity contribution in [1.82, 2.24) is 15.5 Å². The summed E-state index contributed by atoms with van der Waals surface area (Å²) in [5, 5.41) is 6.70. The van der Waals surface area contributed by atoms with Gasteiger partial charge in [-0.3, -0.25) is 4.79 Å². The number of carbonyl (C=O) groups is 1. The zero-order valence-corrected chi connectivity index (χ0v) is 19.0. The second-order valence-electron chi connectivity index (χ2n) is 6.12. The summed E-state index contributed by atoms with van der Waals surface area (Å²) in [6.45, 7) is 7.92. The van der Waals surface area contributed by atoms with Crippen LogP contribution in [0.15, 0.2) is 47.2 Å². The second kappa shape index (κ2) is 11.3. The van der Waals surface area contributed by atoms with Crippen molar-refractivity contribution in [2.45, 2.75) is 30.2 Å². The quantitative estimate of drug-likeness (QED) is 0.425. The number of likely N-dealkylation sites (N-methyl/N-ethyl adjacent to an activating group) is 1. The summed E-state index contributed by atoms with van der Waals surface area (Å²) >= 11 is 0.0642. The molecular weight excluding hydrogens is 484 g/mol. The van der Waals surface area contributed by atoms with E-state index in [0.29, 0.717) is 16.5 Å². The van der Waals surface area contributed by atoms with Gasteiger partial charge < -0.3 is 15.5 Å². The number of halogens is 3. The first kappa shape index (κ1) is 23.4. The molecule has 1 aliphatic carbocycles. The van der Waals surface area contributed by atoms with Crippen molar-refractivity contribution in [3.05, 3.63) is 47.2 Å². The molecule has 4 nitrogen and oxygen atoms in total. The number of rotatable bonds is 6. The lowest BCUT2D eigenvalue weighted by atomic mass is 9.91. The zero-order chi connectivity index (χ0) is 16.9. The maximum absolute atomic E-state index is 12.6. The van der Waals surface area contributed by atoms with Crippen molar-refractivity contribution in [2.24, 2.45) is 0 Å². The Morgan fingerprint density at radius 3 is 2.85 bits per heavy atom. The van der Waals surface area contributed by atoms with E-state index in [-0.39, 0.29) is 51.5 Å². The van der Waals surface area contributed by atoms with Crippen molar-refractivity contribution in [2.75, 3.05) is 26.2 Å². The number of hydrogen-bond acceptors (Lipinski definition) is 3. The minimum absolute atomic E-state index is 0. The molecule has 0 radical (unpaired) electrons. The number of nitrogens with zero attached hydrogens (tertiary/aromatic N) is 1. The summed E-state index contributed by atoms with van der Waals surface area (Å²) in [5.74, 6) is 0.0333. The molecule has 2 unspecified atom stereocenters. The van der Waals surface area contributed by atoms with Crippen molar-refractivity contribution in [3.63, 3.8) is 0 Å². The predicted molar refractivity (Wildman–Crippen MR) is 124 cm³/mol. The van der Waals surface area contributed by atoms with Gasteiger partial charge in [0.25, 0.3) is 5.91 Å². The third-order valence-electron chi connectivity index (χ3n) is 4.69. The van der Waals surface area contributed by atoms with Gasteiger partial charge in [0.2, 0.25) is 0 Å². The normalized spacial score (nSPS) is 22.8. The lowest BCUT2D eigenvalue weighted by Crippen LogP contribution is -2.42. The smallest absolute Gasteiger partial charge is 0.253 e. The van der Waals surface area contributed by atoms with Crippen molar-refractivity contribution in [3.8, 4) is 0 Å². The van der Waals surface area contributed by atoms with Crippen molar-refractivity contribution >= 4 is 55.5 Å². The topological polar surface area (TPSA) is 44.4 Å². The lowest BCUT2D eigenvalue weighted by molar-refractivity contribution is -0.117. The van der Waals surface area contributed by atoms with Crippen LogP contribution in [0.2, 0.25) is 0 Å². The summed E-state index contributed by atoms with van der Waals surface area (Å²) < 4.78 is 2.94. The molecule has 0 aromatic carbocycles. The van der Waals surface area contributed by atoms with Gasteiger partial charge in [0, 0.05) is 17.0 Å². The van der Waals surface area contributed by atoms with Crippen LogP contribution in [-0.2, 0) is 4.79 Å². The number of alkyl halides is 1. The molecule has 2 heterocycles. The van der Waals surface area contributed by atoms with E-state index in [4.69, 9.17) is 0 Å². The molecule has 3 aliphatic rings. The van der Waals surface area contributed by atoms with Crippen molar-refractivity contribution < 1.29 is 4.79 Å². The summed E-state index contributed by atoms with van der Waals surface area (Å²) in [4.78, 5) is 15.0. The van der Waals surface area contributed by atoms with Crippen LogP contribution in [0, 0.1) is 0 Å². The molecular formula is C19H28Cl2IN3O. The molecule has 7 heteroatoms. The van der Waals surface area contributed by atoms with Gasteiger partial charge in [0.15, 0.2) is 0 Å². The number of hydrogen-bond donors (Lipinski definition) is 2. The van der Waals surface area contributed by atoms with Crippen LogP contribution in [0.1, 0.15) is 20.3 Å². The summed E-state index contributed by atoms with van der Waals surface area (Å²) in [6.07, 6.45) is 11.8. The molecule has 1 amide bonds. The number of allylic oxidation sites excluding steroid dienone is 3. The fourth-order valence-electron chi connectivity index (χ4n) is 3.23. The largest absolute Gasteiger partial charge is 0.377 e. The standard InChI is InChI=1S/C19H26IN3O.2ClH/c1-3-23(4-2)12-11-21-19(24)15-8-5-7-14-13-16-17(22-18(14)15)9-6-10-20-16;;/h5-6,8-10,13,16-17,22H,3-4,7,11-12H2,1-2H3,(H,21,24);2*1H.